The summed E-state index contributed by atoms with van der Waals surface area (Å²) in [5.41, 5.74) is -0.151. The summed E-state index contributed by atoms with van der Waals surface area (Å²) in [5.74, 6) is -0.332. The molecule has 0 spiro atoms. The molecule has 2 N–H and O–H groups in total. The van der Waals surface area contributed by atoms with Crippen molar-refractivity contribution in [3.05, 3.63) is 23.9 Å². The normalized spacial score (nSPS) is 11.5. The van der Waals surface area contributed by atoms with Crippen LogP contribution in [-0.2, 0) is 28.4 Å². The number of hydrogen-bond acceptors (Lipinski definition) is 7. The largest absolute Gasteiger partial charge is 0.462 e. The molecule has 2 aromatic heterocycles. The Morgan fingerprint density at radius 1 is 1.52 bits per heavy atom. The third-order valence-corrected chi connectivity index (χ3v) is 3.97. The van der Waals surface area contributed by atoms with Crippen molar-refractivity contribution in [2.24, 2.45) is 7.05 Å². The predicted molar refractivity (Wildman–Crippen MR) is 69.6 cm³/mol. The number of hydrogen-bond donors (Lipinski definition) is 2. The summed E-state index contributed by atoms with van der Waals surface area (Å²) in [4.78, 5) is 11.7. The van der Waals surface area contributed by atoms with Gasteiger partial charge in [0.25, 0.3) is 10.0 Å². The molecule has 10 nitrogen and oxygen atoms in total. The van der Waals surface area contributed by atoms with Gasteiger partial charge >= 0.3 is 5.97 Å². The number of nitrogens with one attached hydrogen (secondary N) is 2. The average molecular weight is 314 g/mol. The SMILES string of the molecule is CCOC(=O)c1cn[nH]c1S(=O)(=O)NCc1nncn1C. The van der Waals surface area contributed by atoms with Crippen LogP contribution in [0, 0.1) is 0 Å². The summed E-state index contributed by atoms with van der Waals surface area (Å²) in [6.07, 6.45) is 2.55. The van der Waals surface area contributed by atoms with Crippen molar-refractivity contribution in [2.45, 2.75) is 18.5 Å². The van der Waals surface area contributed by atoms with Gasteiger partial charge in [0, 0.05) is 7.05 Å². The first kappa shape index (κ1) is 15.1. The molecule has 114 valence electrons. The predicted octanol–water partition coefficient (Wildman–Crippen LogP) is -0.807. The number of nitrogens with zero attached hydrogens (tertiary/aromatic N) is 4. The average Bonchev–Trinajstić information content (AvgIpc) is 3.05. The topological polar surface area (TPSA) is 132 Å². The van der Waals surface area contributed by atoms with Crippen LogP contribution in [-0.4, -0.2) is 46.0 Å². The van der Waals surface area contributed by atoms with E-state index in [1.807, 2.05) is 0 Å². The molecular weight excluding hydrogens is 300 g/mol. The van der Waals surface area contributed by atoms with Gasteiger partial charge in [0.1, 0.15) is 17.7 Å². The lowest BCUT2D eigenvalue weighted by Gasteiger charge is -2.06. The zero-order valence-corrected chi connectivity index (χ0v) is 12.2. The number of rotatable bonds is 6. The van der Waals surface area contributed by atoms with Gasteiger partial charge in [0.2, 0.25) is 0 Å². The molecule has 0 atom stereocenters. The van der Waals surface area contributed by atoms with Gasteiger partial charge in [-0.15, -0.1) is 10.2 Å². The number of sulfonamides is 1. The highest BCUT2D eigenvalue weighted by Gasteiger charge is 2.26. The van der Waals surface area contributed by atoms with Gasteiger partial charge in [-0.2, -0.15) is 5.10 Å². The lowest BCUT2D eigenvalue weighted by molar-refractivity contribution is 0.0522. The monoisotopic (exact) mass is 314 g/mol. The van der Waals surface area contributed by atoms with E-state index in [9.17, 15) is 13.2 Å². The first-order chi connectivity index (χ1) is 9.95. The Hall–Kier alpha value is -2.27. The summed E-state index contributed by atoms with van der Waals surface area (Å²) in [7, 11) is -2.27. The van der Waals surface area contributed by atoms with Crippen molar-refractivity contribution >= 4 is 16.0 Å². The Bertz CT molecular complexity index is 734. The molecule has 0 bridgehead atoms. The quantitative estimate of drug-likeness (QED) is 0.667. The number of aromatic amines is 1. The number of carbonyl (C=O) groups excluding carboxylic acids is 1. The zero-order valence-electron chi connectivity index (χ0n) is 11.4. The molecule has 2 heterocycles. The van der Waals surface area contributed by atoms with Crippen LogP contribution >= 0.6 is 0 Å². The summed E-state index contributed by atoms with van der Waals surface area (Å²) < 4.78 is 33.0. The zero-order chi connectivity index (χ0) is 15.5. The van der Waals surface area contributed by atoms with Crippen LogP contribution in [0.3, 0.4) is 0 Å². The van der Waals surface area contributed by atoms with Crippen LogP contribution in [0.25, 0.3) is 0 Å². The fraction of sp³-hybridized carbons (Fsp3) is 0.400. The third-order valence-electron chi connectivity index (χ3n) is 2.59. The minimum atomic E-state index is -3.95. The van der Waals surface area contributed by atoms with E-state index in [4.69, 9.17) is 4.74 Å². The van der Waals surface area contributed by atoms with E-state index < -0.39 is 16.0 Å². The van der Waals surface area contributed by atoms with E-state index >= 15 is 0 Å². The summed E-state index contributed by atoms with van der Waals surface area (Å²) >= 11 is 0. The standard InChI is InChI=1S/C10H14N6O4S/c1-3-20-10(17)7-4-11-15-9(7)21(18,19)13-5-8-14-12-6-16(8)2/h4,6,13H,3,5H2,1-2H3,(H,11,15). The number of aryl methyl sites for hydroxylation is 1. The second-order valence-electron chi connectivity index (χ2n) is 4.02. The molecule has 0 aliphatic heterocycles. The maximum absolute atomic E-state index is 12.2. The molecule has 0 radical (unpaired) electrons. The molecular formula is C10H14N6O4S. The molecule has 0 saturated heterocycles. The van der Waals surface area contributed by atoms with Crippen molar-refractivity contribution in [2.75, 3.05) is 6.61 Å². The van der Waals surface area contributed by atoms with E-state index in [-0.39, 0.29) is 23.7 Å². The molecule has 0 aromatic carbocycles. The Morgan fingerprint density at radius 2 is 2.29 bits per heavy atom. The summed E-state index contributed by atoms with van der Waals surface area (Å²) in [6.45, 7) is 1.69. The maximum atomic E-state index is 12.2. The fourth-order valence-corrected chi connectivity index (χ4v) is 2.59. The molecule has 0 unspecified atom stereocenters. The number of esters is 1. The van der Waals surface area contributed by atoms with Crippen molar-refractivity contribution in [3.8, 4) is 0 Å². The van der Waals surface area contributed by atoms with Crippen LogP contribution in [0.5, 0.6) is 0 Å². The van der Waals surface area contributed by atoms with E-state index in [0.29, 0.717) is 5.82 Å². The summed E-state index contributed by atoms with van der Waals surface area (Å²) in [6, 6.07) is 0. The van der Waals surface area contributed by atoms with Gasteiger partial charge in [-0.3, -0.25) is 5.10 Å². The molecule has 11 heteroatoms. The lowest BCUT2D eigenvalue weighted by Crippen LogP contribution is -2.26. The van der Waals surface area contributed by atoms with Crippen molar-refractivity contribution in [3.63, 3.8) is 0 Å². The van der Waals surface area contributed by atoms with E-state index in [1.165, 1.54) is 6.33 Å². The van der Waals surface area contributed by atoms with Crippen LogP contribution in [0.4, 0.5) is 0 Å². The van der Waals surface area contributed by atoms with E-state index in [2.05, 4.69) is 25.1 Å². The molecule has 0 aliphatic carbocycles. The van der Waals surface area contributed by atoms with Crippen molar-refractivity contribution in [1.82, 2.24) is 29.7 Å². The minimum Gasteiger partial charge on any atom is -0.462 e. The maximum Gasteiger partial charge on any atom is 0.342 e. The highest BCUT2D eigenvalue weighted by molar-refractivity contribution is 7.89. The van der Waals surface area contributed by atoms with Crippen LogP contribution < -0.4 is 4.72 Å². The smallest absolute Gasteiger partial charge is 0.342 e. The van der Waals surface area contributed by atoms with Gasteiger partial charge in [0.15, 0.2) is 5.03 Å². The molecule has 0 aliphatic rings. The molecule has 0 amide bonds. The molecule has 21 heavy (non-hydrogen) atoms. The van der Waals surface area contributed by atoms with Gasteiger partial charge in [-0.05, 0) is 6.92 Å². The number of carbonyl (C=O) groups is 1. The second-order valence-corrected chi connectivity index (χ2v) is 5.72. The minimum absolute atomic E-state index is 0.0693. The first-order valence-corrected chi connectivity index (χ1v) is 7.47. The van der Waals surface area contributed by atoms with E-state index in [1.54, 1.807) is 18.5 Å². The second kappa shape index (κ2) is 6.01. The molecule has 2 aromatic rings. The lowest BCUT2D eigenvalue weighted by atomic mass is 10.4. The Morgan fingerprint density at radius 3 is 2.90 bits per heavy atom. The van der Waals surface area contributed by atoms with Crippen LogP contribution in [0.15, 0.2) is 17.6 Å². The Kier molecular flexibility index (Phi) is 4.33. The fourth-order valence-electron chi connectivity index (χ4n) is 1.53. The highest BCUT2D eigenvalue weighted by Crippen LogP contribution is 2.13. The molecule has 0 saturated carbocycles. The van der Waals surface area contributed by atoms with Crippen LogP contribution in [0.1, 0.15) is 23.1 Å². The van der Waals surface area contributed by atoms with Crippen LogP contribution in [0.2, 0.25) is 0 Å². The number of H-pyrrole nitrogens is 1. The van der Waals surface area contributed by atoms with E-state index in [0.717, 1.165) is 6.20 Å². The highest BCUT2D eigenvalue weighted by atomic mass is 32.2. The first-order valence-electron chi connectivity index (χ1n) is 5.98. The van der Waals surface area contributed by atoms with Gasteiger partial charge in [-0.1, -0.05) is 0 Å². The number of aromatic nitrogens is 5. The van der Waals surface area contributed by atoms with Gasteiger partial charge in [0.05, 0.1) is 19.3 Å². The third kappa shape index (κ3) is 3.25. The Labute approximate surface area is 120 Å². The Balaban J connectivity index is 2.19. The van der Waals surface area contributed by atoms with Crippen molar-refractivity contribution < 1.29 is 17.9 Å². The molecule has 2 rings (SSSR count). The molecule has 0 fully saturated rings. The van der Waals surface area contributed by atoms with Gasteiger partial charge in [-0.25, -0.2) is 17.9 Å². The summed E-state index contributed by atoms with van der Waals surface area (Å²) in [5, 5.41) is 12.9. The van der Waals surface area contributed by atoms with Crippen molar-refractivity contribution in [1.29, 1.82) is 0 Å². The number of ether oxygens (including phenoxy) is 1. The van der Waals surface area contributed by atoms with Gasteiger partial charge < -0.3 is 9.30 Å².